The summed E-state index contributed by atoms with van der Waals surface area (Å²) in [5.41, 5.74) is 2.60. The summed E-state index contributed by atoms with van der Waals surface area (Å²) < 4.78 is 0. The van der Waals surface area contributed by atoms with Gasteiger partial charge in [0, 0.05) is 12.6 Å². The van der Waals surface area contributed by atoms with Gasteiger partial charge in [0.05, 0.1) is 0 Å². The Morgan fingerprint density at radius 2 is 2.29 bits per heavy atom. The Hall–Kier alpha value is -1.06. The Balaban J connectivity index is 2.03. The molecule has 3 N–H and O–H groups in total. The van der Waals surface area contributed by atoms with Gasteiger partial charge in [-0.15, -0.1) is 0 Å². The lowest BCUT2D eigenvalue weighted by Gasteiger charge is -2.27. The van der Waals surface area contributed by atoms with Crippen molar-refractivity contribution in [3.05, 3.63) is 29.3 Å². The van der Waals surface area contributed by atoms with E-state index in [0.717, 1.165) is 26.1 Å². The summed E-state index contributed by atoms with van der Waals surface area (Å²) in [5, 5.41) is 16.5. The predicted molar refractivity (Wildman–Crippen MR) is 70.3 cm³/mol. The molecule has 0 saturated carbocycles. The molecule has 0 aromatic heterocycles. The highest BCUT2D eigenvalue weighted by Crippen LogP contribution is 2.26. The molecular formula is C14H22N2O. The van der Waals surface area contributed by atoms with E-state index in [2.05, 4.69) is 24.5 Å². The quantitative estimate of drug-likeness (QED) is 0.744. The number of hydrogen-bond acceptors (Lipinski definition) is 3. The van der Waals surface area contributed by atoms with E-state index in [1.807, 2.05) is 12.1 Å². The number of hydrogen-bond donors (Lipinski definition) is 3. The molecule has 0 saturated heterocycles. The van der Waals surface area contributed by atoms with Crippen LogP contribution in [0.1, 0.15) is 31.0 Å². The van der Waals surface area contributed by atoms with Gasteiger partial charge in [-0.2, -0.15) is 0 Å². The van der Waals surface area contributed by atoms with E-state index in [4.69, 9.17) is 0 Å². The monoisotopic (exact) mass is 234 g/mol. The molecule has 0 spiro atoms. The molecule has 1 aliphatic rings. The van der Waals surface area contributed by atoms with Crippen LogP contribution in [0.3, 0.4) is 0 Å². The average Bonchev–Trinajstić information content (AvgIpc) is 2.29. The molecule has 94 valence electrons. The summed E-state index contributed by atoms with van der Waals surface area (Å²) in [4.78, 5) is 0. The van der Waals surface area contributed by atoms with Crippen LogP contribution in [-0.4, -0.2) is 24.7 Å². The van der Waals surface area contributed by atoms with Gasteiger partial charge >= 0.3 is 0 Å². The van der Waals surface area contributed by atoms with Crippen LogP contribution < -0.4 is 10.6 Å². The lowest BCUT2D eigenvalue weighted by molar-refractivity contribution is 0.439. The SMILES string of the molecule is CC(C)CNCC1NCCc2ccc(O)cc21. The van der Waals surface area contributed by atoms with Crippen molar-refractivity contribution in [1.29, 1.82) is 0 Å². The number of aromatic hydroxyl groups is 1. The van der Waals surface area contributed by atoms with Crippen molar-refractivity contribution >= 4 is 0 Å². The van der Waals surface area contributed by atoms with E-state index in [1.54, 1.807) is 6.07 Å². The highest BCUT2D eigenvalue weighted by Gasteiger charge is 2.19. The van der Waals surface area contributed by atoms with Crippen LogP contribution >= 0.6 is 0 Å². The largest absolute Gasteiger partial charge is 0.508 e. The van der Waals surface area contributed by atoms with Crippen LogP contribution in [0.4, 0.5) is 0 Å². The molecule has 3 heteroatoms. The third kappa shape index (κ3) is 3.20. The van der Waals surface area contributed by atoms with Gasteiger partial charge in [-0.1, -0.05) is 19.9 Å². The molecule has 1 aromatic carbocycles. The molecule has 0 aliphatic carbocycles. The predicted octanol–water partition coefficient (Wildman–Crippen LogP) is 1.82. The van der Waals surface area contributed by atoms with Gasteiger partial charge in [-0.05, 0) is 48.7 Å². The summed E-state index contributed by atoms with van der Waals surface area (Å²) in [6.07, 6.45) is 1.05. The fourth-order valence-electron chi connectivity index (χ4n) is 2.32. The van der Waals surface area contributed by atoms with E-state index in [0.29, 0.717) is 17.7 Å². The Labute approximate surface area is 103 Å². The first kappa shape index (κ1) is 12.4. The van der Waals surface area contributed by atoms with Crippen LogP contribution in [0, 0.1) is 5.92 Å². The van der Waals surface area contributed by atoms with Crippen LogP contribution in [0.25, 0.3) is 0 Å². The summed E-state index contributed by atoms with van der Waals surface area (Å²) in [7, 11) is 0. The Bertz CT molecular complexity index is 376. The molecule has 0 bridgehead atoms. The van der Waals surface area contributed by atoms with Gasteiger partial charge in [-0.3, -0.25) is 0 Å². The molecule has 1 atom stereocenters. The molecule has 1 aliphatic heterocycles. The van der Waals surface area contributed by atoms with Crippen LogP contribution in [0.15, 0.2) is 18.2 Å². The second-order valence-corrected chi connectivity index (χ2v) is 5.19. The maximum Gasteiger partial charge on any atom is 0.115 e. The summed E-state index contributed by atoms with van der Waals surface area (Å²) in [5.74, 6) is 1.03. The van der Waals surface area contributed by atoms with Crippen LogP contribution in [0.5, 0.6) is 5.75 Å². The molecule has 0 radical (unpaired) electrons. The number of phenolic OH excluding ortho intramolecular Hbond substituents is 1. The summed E-state index contributed by atoms with van der Waals surface area (Å²) >= 11 is 0. The molecule has 1 aromatic rings. The van der Waals surface area contributed by atoms with E-state index < -0.39 is 0 Å². The van der Waals surface area contributed by atoms with Gasteiger partial charge in [0.25, 0.3) is 0 Å². The van der Waals surface area contributed by atoms with E-state index in [-0.39, 0.29) is 0 Å². The van der Waals surface area contributed by atoms with Gasteiger partial charge < -0.3 is 15.7 Å². The lowest BCUT2D eigenvalue weighted by atomic mass is 9.94. The first-order valence-corrected chi connectivity index (χ1v) is 6.42. The topological polar surface area (TPSA) is 44.3 Å². The molecule has 3 nitrogen and oxygen atoms in total. The van der Waals surface area contributed by atoms with Gasteiger partial charge in [0.2, 0.25) is 0 Å². The highest BCUT2D eigenvalue weighted by molar-refractivity contribution is 5.38. The van der Waals surface area contributed by atoms with Crippen molar-refractivity contribution in [3.63, 3.8) is 0 Å². The zero-order valence-corrected chi connectivity index (χ0v) is 10.7. The molecule has 0 amide bonds. The Kier molecular flexibility index (Phi) is 4.02. The zero-order valence-electron chi connectivity index (χ0n) is 10.7. The molecular weight excluding hydrogens is 212 g/mol. The van der Waals surface area contributed by atoms with Gasteiger partial charge in [0.15, 0.2) is 0 Å². The number of nitrogens with one attached hydrogen (secondary N) is 2. The molecule has 17 heavy (non-hydrogen) atoms. The fraction of sp³-hybridized carbons (Fsp3) is 0.571. The van der Waals surface area contributed by atoms with Crippen molar-refractivity contribution in [3.8, 4) is 5.75 Å². The van der Waals surface area contributed by atoms with Crippen LogP contribution in [0.2, 0.25) is 0 Å². The maximum absolute atomic E-state index is 9.57. The standard InChI is InChI=1S/C14H22N2O/c1-10(2)8-15-9-14-13-7-12(17)4-3-11(13)5-6-16-14/h3-4,7,10,14-17H,5-6,8-9H2,1-2H3. The summed E-state index contributed by atoms with van der Waals surface area (Å²) in [6.45, 7) is 7.40. The van der Waals surface area contributed by atoms with E-state index in [1.165, 1.54) is 11.1 Å². The third-order valence-corrected chi connectivity index (χ3v) is 3.19. The minimum atomic E-state index is 0.324. The van der Waals surface area contributed by atoms with Crippen molar-refractivity contribution in [2.75, 3.05) is 19.6 Å². The average molecular weight is 234 g/mol. The smallest absolute Gasteiger partial charge is 0.115 e. The van der Waals surface area contributed by atoms with Crippen molar-refractivity contribution < 1.29 is 5.11 Å². The first-order chi connectivity index (χ1) is 8.16. The second-order valence-electron chi connectivity index (χ2n) is 5.19. The van der Waals surface area contributed by atoms with Gasteiger partial charge in [0.1, 0.15) is 5.75 Å². The second kappa shape index (κ2) is 5.52. The maximum atomic E-state index is 9.57. The normalized spacial score (nSPS) is 19.4. The highest BCUT2D eigenvalue weighted by atomic mass is 16.3. The number of benzene rings is 1. The van der Waals surface area contributed by atoms with Crippen molar-refractivity contribution in [1.82, 2.24) is 10.6 Å². The van der Waals surface area contributed by atoms with Crippen LogP contribution in [-0.2, 0) is 6.42 Å². The molecule has 0 fully saturated rings. The fourth-order valence-corrected chi connectivity index (χ4v) is 2.32. The number of rotatable bonds is 4. The number of phenols is 1. The Morgan fingerprint density at radius 3 is 3.06 bits per heavy atom. The van der Waals surface area contributed by atoms with Gasteiger partial charge in [-0.25, -0.2) is 0 Å². The molecule has 1 unspecified atom stereocenters. The van der Waals surface area contributed by atoms with Crippen molar-refractivity contribution in [2.24, 2.45) is 5.92 Å². The first-order valence-electron chi connectivity index (χ1n) is 6.42. The molecule has 1 heterocycles. The third-order valence-electron chi connectivity index (χ3n) is 3.19. The summed E-state index contributed by atoms with van der Waals surface area (Å²) in [6, 6.07) is 6.04. The molecule has 2 rings (SSSR count). The number of fused-ring (bicyclic) bond motifs is 1. The van der Waals surface area contributed by atoms with Crippen molar-refractivity contribution in [2.45, 2.75) is 26.3 Å². The Morgan fingerprint density at radius 1 is 1.47 bits per heavy atom. The zero-order chi connectivity index (χ0) is 12.3. The minimum Gasteiger partial charge on any atom is -0.508 e. The van der Waals surface area contributed by atoms with E-state index in [9.17, 15) is 5.11 Å². The van der Waals surface area contributed by atoms with E-state index >= 15 is 0 Å². The minimum absolute atomic E-state index is 0.324. The lowest BCUT2D eigenvalue weighted by Crippen LogP contribution is -2.37.